The van der Waals surface area contributed by atoms with Crippen molar-refractivity contribution in [3.63, 3.8) is 0 Å². The van der Waals surface area contributed by atoms with Crippen LogP contribution in [0.5, 0.6) is 0 Å². The van der Waals surface area contributed by atoms with Gasteiger partial charge >= 0.3 is 6.09 Å². The van der Waals surface area contributed by atoms with Gasteiger partial charge in [0.15, 0.2) is 0 Å². The number of carbonyl (C=O) groups is 2. The molecule has 1 rings (SSSR count). The van der Waals surface area contributed by atoms with Crippen LogP contribution in [-0.2, 0) is 4.79 Å². The number of nitrogens with zero attached hydrogens (tertiary/aromatic N) is 1. The van der Waals surface area contributed by atoms with Crippen molar-refractivity contribution in [1.82, 2.24) is 10.2 Å². The second-order valence-corrected chi connectivity index (χ2v) is 6.08. The summed E-state index contributed by atoms with van der Waals surface area (Å²) in [6.07, 6.45) is 0.668. The first kappa shape index (κ1) is 15.1. The van der Waals surface area contributed by atoms with Gasteiger partial charge in [0.1, 0.15) is 0 Å². The number of piperidine rings is 1. The molecule has 0 radical (unpaired) electrons. The van der Waals surface area contributed by atoms with Gasteiger partial charge in [-0.2, -0.15) is 12.6 Å². The molecule has 1 aliphatic heterocycles. The largest absolute Gasteiger partial charge is 0.465 e. The highest BCUT2D eigenvalue weighted by molar-refractivity contribution is 7.81. The monoisotopic (exact) mass is 274 g/mol. The predicted octanol–water partition coefficient (Wildman–Crippen LogP) is 1.59. The Labute approximate surface area is 113 Å². The molecule has 1 heterocycles. The summed E-state index contributed by atoms with van der Waals surface area (Å²) in [7, 11) is 0. The van der Waals surface area contributed by atoms with Crippen LogP contribution in [0, 0.1) is 5.41 Å². The second kappa shape index (κ2) is 5.82. The Morgan fingerprint density at radius 2 is 2.06 bits per heavy atom. The molecule has 2 atom stereocenters. The maximum absolute atomic E-state index is 11.5. The highest BCUT2D eigenvalue weighted by Crippen LogP contribution is 2.32. The predicted molar refractivity (Wildman–Crippen MR) is 73.0 cm³/mol. The Morgan fingerprint density at radius 1 is 1.44 bits per heavy atom. The van der Waals surface area contributed by atoms with Gasteiger partial charge in [0, 0.05) is 12.6 Å². The first-order valence-corrected chi connectivity index (χ1v) is 6.80. The third kappa shape index (κ3) is 3.54. The van der Waals surface area contributed by atoms with Crippen LogP contribution < -0.4 is 5.32 Å². The summed E-state index contributed by atoms with van der Waals surface area (Å²) in [4.78, 5) is 24.2. The highest BCUT2D eigenvalue weighted by Gasteiger charge is 2.42. The Hall–Kier alpha value is -0.910. The normalized spacial score (nSPS) is 24.8. The van der Waals surface area contributed by atoms with Gasteiger partial charge in [-0.25, -0.2) is 4.79 Å². The lowest BCUT2D eigenvalue weighted by Crippen LogP contribution is -2.61. The minimum Gasteiger partial charge on any atom is -0.465 e. The molecule has 104 valence electrons. The second-order valence-electron chi connectivity index (χ2n) is 5.76. The van der Waals surface area contributed by atoms with E-state index in [1.54, 1.807) is 0 Å². The standard InChI is InChI=1S/C12H22N2O3S/c1-12(2,3)10-8(13-9(15)7-18)5-4-6-14(10)11(16)17/h8,10,18H,4-7H2,1-3H3,(H,13,15)(H,16,17)/t8-,10?/m1/s1. The van der Waals surface area contributed by atoms with Gasteiger partial charge in [0.05, 0.1) is 11.8 Å². The van der Waals surface area contributed by atoms with E-state index in [2.05, 4.69) is 17.9 Å². The van der Waals surface area contributed by atoms with Crippen LogP contribution in [0.15, 0.2) is 0 Å². The first-order chi connectivity index (χ1) is 8.27. The van der Waals surface area contributed by atoms with Crippen molar-refractivity contribution >= 4 is 24.6 Å². The van der Waals surface area contributed by atoms with Crippen molar-refractivity contribution in [3.8, 4) is 0 Å². The van der Waals surface area contributed by atoms with Crippen LogP contribution in [0.25, 0.3) is 0 Å². The number of hydrogen-bond donors (Lipinski definition) is 3. The quantitative estimate of drug-likeness (QED) is 0.670. The van der Waals surface area contributed by atoms with Gasteiger partial charge in [0.2, 0.25) is 5.91 Å². The molecule has 1 unspecified atom stereocenters. The summed E-state index contributed by atoms with van der Waals surface area (Å²) in [5, 5.41) is 12.2. The van der Waals surface area contributed by atoms with Crippen molar-refractivity contribution < 1.29 is 14.7 Å². The number of carbonyl (C=O) groups excluding carboxylic acids is 1. The topological polar surface area (TPSA) is 69.6 Å². The van der Waals surface area contributed by atoms with Crippen LogP contribution in [-0.4, -0.2) is 46.4 Å². The molecule has 2 N–H and O–H groups in total. The molecule has 1 fully saturated rings. The van der Waals surface area contributed by atoms with E-state index in [4.69, 9.17) is 0 Å². The molecule has 0 spiro atoms. The van der Waals surface area contributed by atoms with E-state index in [1.165, 1.54) is 4.90 Å². The van der Waals surface area contributed by atoms with E-state index in [9.17, 15) is 14.7 Å². The summed E-state index contributed by atoms with van der Waals surface area (Å²) in [6, 6.07) is -0.331. The van der Waals surface area contributed by atoms with Crippen molar-refractivity contribution in [1.29, 1.82) is 0 Å². The van der Waals surface area contributed by atoms with Crippen molar-refractivity contribution in [2.45, 2.75) is 45.7 Å². The zero-order valence-corrected chi connectivity index (χ0v) is 12.0. The van der Waals surface area contributed by atoms with Gasteiger partial charge in [-0.05, 0) is 18.3 Å². The lowest BCUT2D eigenvalue weighted by molar-refractivity contribution is -0.120. The smallest absolute Gasteiger partial charge is 0.407 e. The number of rotatable bonds is 2. The molecule has 0 bridgehead atoms. The molecular weight excluding hydrogens is 252 g/mol. The maximum atomic E-state index is 11.5. The molecule has 5 nitrogen and oxygen atoms in total. The third-order valence-corrected chi connectivity index (χ3v) is 3.54. The number of nitrogens with one attached hydrogen (secondary N) is 1. The van der Waals surface area contributed by atoms with Crippen LogP contribution in [0.4, 0.5) is 4.79 Å². The third-order valence-electron chi connectivity index (χ3n) is 3.25. The molecular formula is C12H22N2O3S. The fourth-order valence-electron chi connectivity index (χ4n) is 2.68. The van der Waals surface area contributed by atoms with Gasteiger partial charge in [-0.1, -0.05) is 20.8 Å². The van der Waals surface area contributed by atoms with Gasteiger partial charge < -0.3 is 15.3 Å². The number of thiol groups is 1. The molecule has 2 amide bonds. The number of amides is 2. The minimum absolute atomic E-state index is 0.125. The molecule has 0 aliphatic carbocycles. The average molecular weight is 274 g/mol. The lowest BCUT2D eigenvalue weighted by Gasteiger charge is -2.46. The first-order valence-electron chi connectivity index (χ1n) is 6.17. The van der Waals surface area contributed by atoms with Crippen LogP contribution in [0.1, 0.15) is 33.6 Å². The van der Waals surface area contributed by atoms with E-state index < -0.39 is 6.09 Å². The van der Waals surface area contributed by atoms with Crippen LogP contribution >= 0.6 is 12.6 Å². The zero-order valence-electron chi connectivity index (χ0n) is 11.1. The lowest BCUT2D eigenvalue weighted by atomic mass is 9.77. The van der Waals surface area contributed by atoms with Crippen LogP contribution in [0.2, 0.25) is 0 Å². The minimum atomic E-state index is -0.917. The molecule has 0 aromatic heterocycles. The number of hydrogen-bond acceptors (Lipinski definition) is 3. The molecule has 0 saturated carbocycles. The number of likely N-dealkylation sites (tertiary alicyclic amines) is 1. The Bertz CT molecular complexity index is 328. The van der Waals surface area contributed by atoms with Gasteiger partial charge in [-0.15, -0.1) is 0 Å². The number of carboxylic acid groups (broad SMARTS) is 1. The fraction of sp³-hybridized carbons (Fsp3) is 0.833. The summed E-state index contributed by atoms with van der Waals surface area (Å²) >= 11 is 3.94. The highest BCUT2D eigenvalue weighted by atomic mass is 32.1. The molecule has 0 aromatic carbocycles. The van der Waals surface area contributed by atoms with E-state index in [0.29, 0.717) is 6.54 Å². The van der Waals surface area contributed by atoms with Crippen molar-refractivity contribution in [2.75, 3.05) is 12.3 Å². The average Bonchev–Trinajstić information content (AvgIpc) is 2.26. The molecule has 1 aliphatic rings. The molecule has 1 saturated heterocycles. The van der Waals surface area contributed by atoms with Crippen LogP contribution in [0.3, 0.4) is 0 Å². The summed E-state index contributed by atoms with van der Waals surface area (Å²) < 4.78 is 0. The fourth-order valence-corrected chi connectivity index (χ4v) is 2.78. The van der Waals surface area contributed by atoms with E-state index in [0.717, 1.165) is 12.8 Å². The Morgan fingerprint density at radius 3 is 2.50 bits per heavy atom. The SMILES string of the molecule is CC(C)(C)C1[C@H](NC(=O)CS)CCCN1C(=O)O. The zero-order chi connectivity index (χ0) is 13.9. The summed E-state index contributed by atoms with van der Waals surface area (Å²) in [5.74, 6) is -0.0229. The maximum Gasteiger partial charge on any atom is 0.407 e. The Kier molecular flexibility index (Phi) is 4.90. The van der Waals surface area contributed by atoms with E-state index >= 15 is 0 Å². The van der Waals surface area contributed by atoms with Crippen molar-refractivity contribution in [2.24, 2.45) is 5.41 Å². The van der Waals surface area contributed by atoms with Gasteiger partial charge in [0.25, 0.3) is 0 Å². The summed E-state index contributed by atoms with van der Waals surface area (Å²) in [5.41, 5.74) is -0.215. The van der Waals surface area contributed by atoms with E-state index in [1.807, 2.05) is 20.8 Å². The molecule has 18 heavy (non-hydrogen) atoms. The van der Waals surface area contributed by atoms with Gasteiger partial charge in [-0.3, -0.25) is 4.79 Å². The molecule has 6 heteroatoms. The Balaban J connectivity index is 2.92. The van der Waals surface area contributed by atoms with E-state index in [-0.39, 0.29) is 29.2 Å². The summed E-state index contributed by atoms with van der Waals surface area (Å²) in [6.45, 7) is 6.53. The van der Waals surface area contributed by atoms with Crippen molar-refractivity contribution in [3.05, 3.63) is 0 Å². The molecule has 0 aromatic rings.